The summed E-state index contributed by atoms with van der Waals surface area (Å²) in [6, 6.07) is 0. The van der Waals surface area contributed by atoms with E-state index in [1.54, 1.807) is 0 Å². The van der Waals surface area contributed by atoms with E-state index < -0.39 is 5.41 Å². The van der Waals surface area contributed by atoms with Gasteiger partial charge in [0.1, 0.15) is 5.41 Å². The molecule has 0 aliphatic rings. The van der Waals surface area contributed by atoms with E-state index in [-0.39, 0.29) is 18.3 Å². The first-order valence-electron chi connectivity index (χ1n) is 6.62. The normalized spacial score (nSPS) is 12.4. The maximum absolute atomic E-state index is 12.5. The lowest BCUT2D eigenvalue weighted by Gasteiger charge is -2.30. The predicted molar refractivity (Wildman–Crippen MR) is 71.8 cm³/mol. The summed E-state index contributed by atoms with van der Waals surface area (Å²) in [7, 11) is 0. The Morgan fingerprint density at radius 2 is 2.15 bits per heavy atom. The monoisotopic (exact) mass is 283 g/mol. The maximum atomic E-state index is 12.5. The zero-order valence-corrected chi connectivity index (χ0v) is 11.8. The molecular weight excluding hydrogens is 262 g/mol. The number of oxime groups is 1. The minimum Gasteiger partial charge on any atom is -0.409 e. The van der Waals surface area contributed by atoms with Gasteiger partial charge in [0.25, 0.3) is 0 Å². The average molecular weight is 283 g/mol. The van der Waals surface area contributed by atoms with Gasteiger partial charge in [-0.25, -0.2) is 0 Å². The summed E-state index contributed by atoms with van der Waals surface area (Å²) in [6.45, 7) is 4.03. The summed E-state index contributed by atoms with van der Waals surface area (Å²) in [6.07, 6.45) is 3.69. The SMILES string of the molecule is CCCC(CCC)(C(=O)NCc1ncon1)C(N)=NO. The third-order valence-corrected chi connectivity index (χ3v) is 3.20. The van der Waals surface area contributed by atoms with Gasteiger partial charge in [-0.3, -0.25) is 4.79 Å². The predicted octanol–water partition coefficient (Wildman–Crippen LogP) is 1.02. The second-order valence-corrected chi connectivity index (χ2v) is 4.60. The Labute approximate surface area is 117 Å². The third-order valence-electron chi connectivity index (χ3n) is 3.20. The molecule has 1 aromatic heterocycles. The molecule has 0 aliphatic heterocycles. The minimum absolute atomic E-state index is 0.0631. The Hall–Kier alpha value is -2.12. The van der Waals surface area contributed by atoms with Crippen LogP contribution in [0.1, 0.15) is 45.4 Å². The van der Waals surface area contributed by atoms with Crippen LogP contribution in [-0.2, 0) is 11.3 Å². The quantitative estimate of drug-likeness (QED) is 0.283. The molecule has 112 valence electrons. The van der Waals surface area contributed by atoms with Gasteiger partial charge < -0.3 is 20.8 Å². The Bertz CT molecular complexity index is 438. The molecule has 1 heterocycles. The van der Waals surface area contributed by atoms with Gasteiger partial charge in [-0.1, -0.05) is 37.0 Å². The van der Waals surface area contributed by atoms with Crippen LogP contribution in [0.25, 0.3) is 0 Å². The van der Waals surface area contributed by atoms with Crippen molar-refractivity contribution in [3.05, 3.63) is 12.2 Å². The summed E-state index contributed by atoms with van der Waals surface area (Å²) in [5.74, 6) is 0.0212. The van der Waals surface area contributed by atoms with Crippen molar-refractivity contribution in [3.8, 4) is 0 Å². The van der Waals surface area contributed by atoms with Crippen molar-refractivity contribution in [1.82, 2.24) is 15.5 Å². The molecule has 0 unspecified atom stereocenters. The molecule has 1 amide bonds. The van der Waals surface area contributed by atoms with Gasteiger partial charge in [0.2, 0.25) is 12.3 Å². The lowest BCUT2D eigenvalue weighted by molar-refractivity contribution is -0.128. The number of nitrogens with two attached hydrogens (primary N) is 1. The largest absolute Gasteiger partial charge is 0.409 e. The van der Waals surface area contributed by atoms with E-state index in [0.717, 1.165) is 12.8 Å². The number of nitrogens with zero attached hydrogens (tertiary/aromatic N) is 3. The van der Waals surface area contributed by atoms with Gasteiger partial charge in [-0.05, 0) is 12.8 Å². The Morgan fingerprint density at radius 1 is 1.50 bits per heavy atom. The number of aromatic nitrogens is 2. The molecular formula is C12H21N5O3. The fraction of sp³-hybridized carbons (Fsp3) is 0.667. The van der Waals surface area contributed by atoms with Gasteiger partial charge in [-0.2, -0.15) is 4.98 Å². The average Bonchev–Trinajstić information content (AvgIpc) is 2.96. The van der Waals surface area contributed by atoms with Crippen LogP contribution in [-0.4, -0.2) is 27.1 Å². The van der Waals surface area contributed by atoms with Crippen LogP contribution in [0.3, 0.4) is 0 Å². The number of nitrogens with one attached hydrogen (secondary N) is 1. The number of hydrogen-bond donors (Lipinski definition) is 3. The fourth-order valence-corrected chi connectivity index (χ4v) is 2.27. The van der Waals surface area contributed by atoms with Crippen LogP contribution in [0.4, 0.5) is 0 Å². The highest BCUT2D eigenvalue weighted by Crippen LogP contribution is 2.30. The Kier molecular flexibility index (Phi) is 5.95. The standard InChI is InChI=1S/C12H21N5O3/c1-3-5-12(6-4-2,10(13)16-19)11(18)14-7-9-15-8-20-17-9/h8,19H,3-7H2,1-2H3,(H2,13,16)(H,14,18). The lowest BCUT2D eigenvalue weighted by Crippen LogP contribution is -2.49. The summed E-state index contributed by atoms with van der Waals surface area (Å²) in [5, 5.41) is 18.3. The number of carbonyl (C=O) groups is 1. The molecule has 8 heteroatoms. The van der Waals surface area contributed by atoms with Crippen LogP contribution < -0.4 is 11.1 Å². The molecule has 0 aliphatic carbocycles. The van der Waals surface area contributed by atoms with Crippen molar-refractivity contribution < 1.29 is 14.5 Å². The highest BCUT2D eigenvalue weighted by atomic mass is 16.5. The van der Waals surface area contributed by atoms with Crippen molar-refractivity contribution in [2.24, 2.45) is 16.3 Å². The maximum Gasteiger partial charge on any atom is 0.234 e. The first kappa shape index (κ1) is 15.9. The molecule has 1 aromatic rings. The molecule has 20 heavy (non-hydrogen) atoms. The van der Waals surface area contributed by atoms with Gasteiger partial charge >= 0.3 is 0 Å². The number of rotatable bonds is 8. The third kappa shape index (κ3) is 3.46. The zero-order valence-electron chi connectivity index (χ0n) is 11.8. The molecule has 0 spiro atoms. The summed E-state index contributed by atoms with van der Waals surface area (Å²) in [4.78, 5) is 16.3. The van der Waals surface area contributed by atoms with E-state index in [9.17, 15) is 4.79 Å². The zero-order chi connectivity index (χ0) is 15.0. The summed E-state index contributed by atoms with van der Waals surface area (Å²) in [5.41, 5.74) is 4.77. The molecule has 0 saturated heterocycles. The molecule has 0 saturated carbocycles. The van der Waals surface area contributed by atoms with Gasteiger partial charge in [-0.15, -0.1) is 0 Å². The minimum atomic E-state index is -0.998. The second kappa shape index (κ2) is 7.46. The second-order valence-electron chi connectivity index (χ2n) is 4.60. The van der Waals surface area contributed by atoms with E-state index in [4.69, 9.17) is 10.9 Å². The van der Waals surface area contributed by atoms with Gasteiger partial charge in [0.05, 0.1) is 6.54 Å². The van der Waals surface area contributed by atoms with Crippen LogP contribution in [0.2, 0.25) is 0 Å². The molecule has 8 nitrogen and oxygen atoms in total. The van der Waals surface area contributed by atoms with E-state index in [1.807, 2.05) is 13.8 Å². The van der Waals surface area contributed by atoms with Crippen molar-refractivity contribution in [2.45, 2.75) is 46.1 Å². The van der Waals surface area contributed by atoms with Crippen molar-refractivity contribution in [2.75, 3.05) is 0 Å². The van der Waals surface area contributed by atoms with Crippen molar-refractivity contribution in [3.63, 3.8) is 0 Å². The van der Waals surface area contributed by atoms with Crippen molar-refractivity contribution in [1.29, 1.82) is 0 Å². The molecule has 0 atom stereocenters. The molecule has 0 radical (unpaired) electrons. The van der Waals surface area contributed by atoms with E-state index in [0.29, 0.717) is 18.7 Å². The first-order chi connectivity index (χ1) is 9.60. The van der Waals surface area contributed by atoms with E-state index in [1.165, 1.54) is 6.39 Å². The Morgan fingerprint density at radius 3 is 2.60 bits per heavy atom. The molecule has 4 N–H and O–H groups in total. The highest BCUT2D eigenvalue weighted by molar-refractivity contribution is 6.06. The van der Waals surface area contributed by atoms with Crippen LogP contribution >= 0.6 is 0 Å². The van der Waals surface area contributed by atoms with Crippen molar-refractivity contribution >= 4 is 11.7 Å². The van der Waals surface area contributed by atoms with Crippen LogP contribution in [0.15, 0.2) is 16.1 Å². The lowest BCUT2D eigenvalue weighted by atomic mass is 9.77. The Balaban J connectivity index is 2.87. The molecule has 1 rings (SSSR count). The van der Waals surface area contributed by atoms with Gasteiger partial charge in [0.15, 0.2) is 11.7 Å². The fourth-order valence-electron chi connectivity index (χ4n) is 2.27. The number of amides is 1. The summed E-state index contributed by atoms with van der Waals surface area (Å²) < 4.78 is 4.60. The summed E-state index contributed by atoms with van der Waals surface area (Å²) >= 11 is 0. The van der Waals surface area contributed by atoms with E-state index in [2.05, 4.69) is 25.1 Å². The topological polar surface area (TPSA) is 127 Å². The smallest absolute Gasteiger partial charge is 0.234 e. The number of carbonyl (C=O) groups excluding carboxylic acids is 1. The van der Waals surface area contributed by atoms with E-state index >= 15 is 0 Å². The molecule has 0 fully saturated rings. The highest BCUT2D eigenvalue weighted by Gasteiger charge is 2.41. The number of hydrogen-bond acceptors (Lipinski definition) is 6. The van der Waals surface area contributed by atoms with Crippen LogP contribution in [0, 0.1) is 5.41 Å². The molecule has 0 bridgehead atoms. The first-order valence-corrected chi connectivity index (χ1v) is 6.62. The molecule has 0 aromatic carbocycles. The van der Waals surface area contributed by atoms with Crippen LogP contribution in [0.5, 0.6) is 0 Å². The van der Waals surface area contributed by atoms with Gasteiger partial charge in [0, 0.05) is 0 Å². The number of amidine groups is 1.